The third-order valence-electron chi connectivity index (χ3n) is 2.67. The van der Waals surface area contributed by atoms with Crippen molar-refractivity contribution in [3.63, 3.8) is 0 Å². The van der Waals surface area contributed by atoms with E-state index in [-0.39, 0.29) is 11.8 Å². The first-order chi connectivity index (χ1) is 8.09. The van der Waals surface area contributed by atoms with Crippen LogP contribution in [-0.2, 0) is 11.2 Å². The number of hydrogen-bond acceptors (Lipinski definition) is 3. The smallest absolute Gasteiger partial charge is 0.220 e. The topological polar surface area (TPSA) is 62.2 Å². The van der Waals surface area contributed by atoms with E-state index in [0.717, 1.165) is 5.56 Å². The van der Waals surface area contributed by atoms with Gasteiger partial charge in [0.2, 0.25) is 5.91 Å². The molecule has 1 unspecified atom stereocenters. The Labute approximate surface area is 102 Å². The third kappa shape index (κ3) is 5.45. The number of rotatable bonds is 6. The molecule has 2 N–H and O–H groups in total. The fourth-order valence-corrected chi connectivity index (χ4v) is 1.35. The number of carbonyl (C=O) groups excluding carboxylic acids is 1. The van der Waals surface area contributed by atoms with Crippen molar-refractivity contribution in [3.8, 4) is 0 Å². The Morgan fingerprint density at radius 3 is 2.65 bits per heavy atom. The molecule has 1 heterocycles. The van der Waals surface area contributed by atoms with Gasteiger partial charge in [-0.05, 0) is 30.0 Å². The normalized spacial score (nSPS) is 12.5. The lowest BCUT2D eigenvalue weighted by Crippen LogP contribution is -2.34. The van der Waals surface area contributed by atoms with Crippen LogP contribution in [0.5, 0.6) is 0 Å². The molecule has 0 aromatic carbocycles. The highest BCUT2D eigenvalue weighted by molar-refractivity contribution is 5.76. The first-order valence-electron chi connectivity index (χ1n) is 5.93. The molecule has 0 spiro atoms. The van der Waals surface area contributed by atoms with Gasteiger partial charge in [0.15, 0.2) is 0 Å². The summed E-state index contributed by atoms with van der Waals surface area (Å²) in [7, 11) is 0. The summed E-state index contributed by atoms with van der Waals surface area (Å²) in [6.45, 7) is 4.18. The fraction of sp³-hybridized carbons (Fsp3) is 0.538. The number of aryl methyl sites for hydroxylation is 1. The van der Waals surface area contributed by atoms with E-state index in [2.05, 4.69) is 10.3 Å². The molecule has 0 bridgehead atoms. The molecule has 0 aliphatic heterocycles. The molecule has 0 saturated carbocycles. The predicted molar refractivity (Wildman–Crippen MR) is 66.4 cm³/mol. The lowest BCUT2D eigenvalue weighted by molar-refractivity contribution is -0.121. The number of pyridine rings is 1. The second-order valence-electron chi connectivity index (χ2n) is 4.47. The highest BCUT2D eigenvalue weighted by atomic mass is 16.3. The van der Waals surface area contributed by atoms with Crippen LogP contribution in [0, 0.1) is 5.92 Å². The number of aliphatic hydroxyl groups is 1. The Morgan fingerprint density at radius 1 is 1.41 bits per heavy atom. The van der Waals surface area contributed by atoms with Crippen molar-refractivity contribution in [3.05, 3.63) is 30.1 Å². The van der Waals surface area contributed by atoms with Crippen LogP contribution in [-0.4, -0.2) is 28.6 Å². The monoisotopic (exact) mass is 236 g/mol. The minimum absolute atomic E-state index is 0.0264. The second-order valence-corrected chi connectivity index (χ2v) is 4.47. The molecule has 1 aromatic rings. The van der Waals surface area contributed by atoms with Crippen LogP contribution >= 0.6 is 0 Å². The molecular weight excluding hydrogens is 216 g/mol. The number of hydrogen-bond donors (Lipinski definition) is 2. The molecule has 94 valence electrons. The molecule has 0 radical (unpaired) electrons. The van der Waals surface area contributed by atoms with Gasteiger partial charge in [-0.15, -0.1) is 0 Å². The van der Waals surface area contributed by atoms with Gasteiger partial charge in [-0.25, -0.2) is 0 Å². The molecule has 0 saturated heterocycles. The van der Waals surface area contributed by atoms with Gasteiger partial charge in [-0.1, -0.05) is 13.8 Å². The van der Waals surface area contributed by atoms with Gasteiger partial charge in [0.25, 0.3) is 0 Å². The van der Waals surface area contributed by atoms with Crippen LogP contribution in [0.1, 0.15) is 25.8 Å². The van der Waals surface area contributed by atoms with Crippen LogP contribution in [0.4, 0.5) is 0 Å². The van der Waals surface area contributed by atoms with E-state index in [1.165, 1.54) is 0 Å². The number of aliphatic hydroxyl groups excluding tert-OH is 1. The van der Waals surface area contributed by atoms with Crippen molar-refractivity contribution in [1.82, 2.24) is 10.3 Å². The van der Waals surface area contributed by atoms with Crippen LogP contribution in [0.2, 0.25) is 0 Å². The van der Waals surface area contributed by atoms with E-state index < -0.39 is 6.10 Å². The van der Waals surface area contributed by atoms with E-state index in [9.17, 15) is 9.90 Å². The van der Waals surface area contributed by atoms with E-state index in [1.54, 1.807) is 12.4 Å². The van der Waals surface area contributed by atoms with Crippen molar-refractivity contribution >= 4 is 5.91 Å². The summed E-state index contributed by atoms with van der Waals surface area (Å²) in [5.74, 6) is 0.136. The highest BCUT2D eigenvalue weighted by Crippen LogP contribution is 2.02. The summed E-state index contributed by atoms with van der Waals surface area (Å²) in [4.78, 5) is 15.4. The summed E-state index contributed by atoms with van der Waals surface area (Å²) in [5.41, 5.74) is 1.10. The molecule has 1 aromatic heterocycles. The number of nitrogens with one attached hydrogen (secondary N) is 1. The first-order valence-corrected chi connectivity index (χ1v) is 5.93. The molecule has 0 aliphatic carbocycles. The summed E-state index contributed by atoms with van der Waals surface area (Å²) >= 11 is 0. The first kappa shape index (κ1) is 13.6. The number of aromatic nitrogens is 1. The zero-order valence-corrected chi connectivity index (χ0v) is 10.4. The Kier molecular flexibility index (Phi) is 5.63. The molecule has 4 heteroatoms. The quantitative estimate of drug-likeness (QED) is 0.778. The minimum atomic E-state index is -0.472. The van der Waals surface area contributed by atoms with Gasteiger partial charge < -0.3 is 10.4 Å². The maximum absolute atomic E-state index is 11.5. The number of carbonyl (C=O) groups is 1. The Morgan fingerprint density at radius 2 is 2.06 bits per heavy atom. The van der Waals surface area contributed by atoms with E-state index in [4.69, 9.17) is 0 Å². The van der Waals surface area contributed by atoms with Gasteiger partial charge in [-0.3, -0.25) is 9.78 Å². The van der Waals surface area contributed by atoms with Gasteiger partial charge in [0.05, 0.1) is 6.10 Å². The number of nitrogens with zero attached hydrogens (tertiary/aromatic N) is 1. The maximum atomic E-state index is 11.5. The van der Waals surface area contributed by atoms with Crippen molar-refractivity contribution in [2.24, 2.45) is 5.92 Å². The van der Waals surface area contributed by atoms with Crippen molar-refractivity contribution in [2.45, 2.75) is 32.8 Å². The summed E-state index contributed by atoms with van der Waals surface area (Å²) in [5, 5.41) is 12.3. The second kappa shape index (κ2) is 7.01. The van der Waals surface area contributed by atoms with Crippen LogP contribution in [0.3, 0.4) is 0 Å². The van der Waals surface area contributed by atoms with E-state index in [1.807, 2.05) is 26.0 Å². The standard InChI is InChI=1S/C13H20N2O2/c1-10(2)12(16)9-15-13(17)4-3-11-5-7-14-8-6-11/h5-8,10,12,16H,3-4,9H2,1-2H3,(H,15,17). The molecular formula is C13H20N2O2. The SMILES string of the molecule is CC(C)C(O)CNC(=O)CCc1ccncc1. The van der Waals surface area contributed by atoms with E-state index in [0.29, 0.717) is 19.4 Å². The van der Waals surface area contributed by atoms with Crippen molar-refractivity contribution in [2.75, 3.05) is 6.54 Å². The average Bonchev–Trinajstić information content (AvgIpc) is 2.34. The van der Waals surface area contributed by atoms with Gasteiger partial charge in [-0.2, -0.15) is 0 Å². The van der Waals surface area contributed by atoms with Crippen LogP contribution < -0.4 is 5.32 Å². The Balaban J connectivity index is 2.22. The lowest BCUT2D eigenvalue weighted by atomic mass is 10.1. The van der Waals surface area contributed by atoms with Gasteiger partial charge in [0, 0.05) is 25.4 Å². The average molecular weight is 236 g/mol. The van der Waals surface area contributed by atoms with Gasteiger partial charge >= 0.3 is 0 Å². The largest absolute Gasteiger partial charge is 0.391 e. The molecule has 0 aliphatic rings. The molecule has 1 amide bonds. The zero-order chi connectivity index (χ0) is 12.7. The lowest BCUT2D eigenvalue weighted by Gasteiger charge is -2.14. The third-order valence-corrected chi connectivity index (χ3v) is 2.67. The Hall–Kier alpha value is -1.42. The summed E-state index contributed by atoms with van der Waals surface area (Å²) < 4.78 is 0. The maximum Gasteiger partial charge on any atom is 0.220 e. The van der Waals surface area contributed by atoms with Crippen LogP contribution in [0.25, 0.3) is 0 Å². The molecule has 1 rings (SSSR count). The zero-order valence-electron chi connectivity index (χ0n) is 10.4. The van der Waals surface area contributed by atoms with Crippen LogP contribution in [0.15, 0.2) is 24.5 Å². The summed E-state index contributed by atoms with van der Waals surface area (Å²) in [6, 6.07) is 3.80. The van der Waals surface area contributed by atoms with Gasteiger partial charge in [0.1, 0.15) is 0 Å². The van der Waals surface area contributed by atoms with E-state index >= 15 is 0 Å². The molecule has 4 nitrogen and oxygen atoms in total. The predicted octanol–water partition coefficient (Wildman–Crippen LogP) is 1.15. The fourth-order valence-electron chi connectivity index (χ4n) is 1.35. The summed E-state index contributed by atoms with van der Waals surface area (Å²) in [6.07, 6.45) is 4.10. The highest BCUT2D eigenvalue weighted by Gasteiger charge is 2.10. The van der Waals surface area contributed by atoms with Crippen molar-refractivity contribution in [1.29, 1.82) is 0 Å². The molecule has 17 heavy (non-hydrogen) atoms. The van der Waals surface area contributed by atoms with Crippen molar-refractivity contribution < 1.29 is 9.90 Å². The number of amides is 1. The minimum Gasteiger partial charge on any atom is -0.391 e. The molecule has 0 fully saturated rings. The Bertz CT molecular complexity index is 339. The molecule has 1 atom stereocenters.